The SMILES string of the molecule is CNC(C)c1ccc(OCCC(C)(C)C#N)c(OC)c1. The van der Waals surface area contributed by atoms with Gasteiger partial charge < -0.3 is 14.8 Å². The Morgan fingerprint density at radius 2 is 2.05 bits per heavy atom. The minimum absolute atomic E-state index is 0.260. The normalized spacial score (nSPS) is 12.6. The van der Waals surface area contributed by atoms with Gasteiger partial charge in [0.05, 0.1) is 25.2 Å². The summed E-state index contributed by atoms with van der Waals surface area (Å²) in [4.78, 5) is 0. The van der Waals surface area contributed by atoms with Crippen LogP contribution < -0.4 is 14.8 Å². The molecule has 0 fully saturated rings. The molecule has 1 atom stereocenters. The fraction of sp³-hybridized carbons (Fsp3) is 0.562. The van der Waals surface area contributed by atoms with Gasteiger partial charge in [0, 0.05) is 6.04 Å². The largest absolute Gasteiger partial charge is 0.493 e. The van der Waals surface area contributed by atoms with E-state index < -0.39 is 0 Å². The van der Waals surface area contributed by atoms with Crippen LogP contribution in [-0.4, -0.2) is 20.8 Å². The zero-order chi connectivity index (χ0) is 15.2. The highest BCUT2D eigenvalue weighted by Gasteiger charge is 2.17. The van der Waals surface area contributed by atoms with Gasteiger partial charge in [-0.15, -0.1) is 0 Å². The van der Waals surface area contributed by atoms with E-state index in [-0.39, 0.29) is 11.5 Å². The number of hydrogen-bond donors (Lipinski definition) is 1. The van der Waals surface area contributed by atoms with Gasteiger partial charge in [-0.05, 0) is 51.9 Å². The van der Waals surface area contributed by atoms with Crippen molar-refractivity contribution >= 4 is 0 Å². The van der Waals surface area contributed by atoms with Crippen LogP contribution in [0.3, 0.4) is 0 Å². The third-order valence-electron chi connectivity index (χ3n) is 3.41. The highest BCUT2D eigenvalue weighted by molar-refractivity contribution is 5.43. The third kappa shape index (κ3) is 4.43. The van der Waals surface area contributed by atoms with E-state index in [1.807, 2.05) is 39.1 Å². The van der Waals surface area contributed by atoms with Crippen molar-refractivity contribution in [2.45, 2.75) is 33.2 Å². The van der Waals surface area contributed by atoms with Crippen molar-refractivity contribution in [3.8, 4) is 17.6 Å². The molecule has 1 N–H and O–H groups in total. The Hall–Kier alpha value is -1.73. The van der Waals surface area contributed by atoms with Crippen LogP contribution in [0.4, 0.5) is 0 Å². The highest BCUT2D eigenvalue weighted by Crippen LogP contribution is 2.31. The molecule has 0 radical (unpaired) electrons. The number of hydrogen-bond acceptors (Lipinski definition) is 4. The molecule has 0 saturated heterocycles. The van der Waals surface area contributed by atoms with E-state index in [0.29, 0.717) is 18.8 Å². The molecule has 0 aromatic heterocycles. The van der Waals surface area contributed by atoms with Crippen molar-refractivity contribution in [3.63, 3.8) is 0 Å². The first-order chi connectivity index (χ1) is 9.43. The molecule has 1 unspecified atom stereocenters. The minimum Gasteiger partial charge on any atom is -0.493 e. The summed E-state index contributed by atoms with van der Waals surface area (Å²) in [5, 5.41) is 12.2. The highest BCUT2D eigenvalue weighted by atomic mass is 16.5. The molecule has 4 heteroatoms. The standard InChI is InChI=1S/C16H24N2O2/c1-12(18-4)13-6-7-14(15(10-13)19-5)20-9-8-16(2,3)11-17/h6-7,10,12,18H,8-9H2,1-5H3. The molecule has 0 aliphatic carbocycles. The molecule has 110 valence electrons. The van der Waals surface area contributed by atoms with Crippen LogP contribution in [0.2, 0.25) is 0 Å². The smallest absolute Gasteiger partial charge is 0.161 e. The Kier molecular flexibility index (Phi) is 5.84. The van der Waals surface area contributed by atoms with E-state index in [9.17, 15) is 0 Å². The summed E-state index contributed by atoms with van der Waals surface area (Å²) in [5.41, 5.74) is 0.780. The predicted octanol–water partition coefficient (Wildman–Crippen LogP) is 3.29. The lowest BCUT2D eigenvalue weighted by molar-refractivity contribution is 0.252. The van der Waals surface area contributed by atoms with Gasteiger partial charge in [-0.3, -0.25) is 0 Å². The summed E-state index contributed by atoms with van der Waals surface area (Å²) in [7, 11) is 3.56. The van der Waals surface area contributed by atoms with Crippen molar-refractivity contribution in [3.05, 3.63) is 23.8 Å². The number of nitriles is 1. The Morgan fingerprint density at radius 1 is 1.35 bits per heavy atom. The van der Waals surface area contributed by atoms with Gasteiger partial charge in [-0.1, -0.05) is 6.07 Å². The monoisotopic (exact) mass is 276 g/mol. The van der Waals surface area contributed by atoms with E-state index in [0.717, 1.165) is 11.3 Å². The molecule has 0 heterocycles. The molecule has 0 bridgehead atoms. The number of rotatable bonds is 7. The van der Waals surface area contributed by atoms with Gasteiger partial charge in [0.2, 0.25) is 0 Å². The summed E-state index contributed by atoms with van der Waals surface area (Å²) in [5.74, 6) is 1.44. The number of benzene rings is 1. The number of nitrogens with zero attached hydrogens (tertiary/aromatic N) is 1. The molecule has 1 aromatic carbocycles. The van der Waals surface area contributed by atoms with Crippen LogP contribution in [0.15, 0.2) is 18.2 Å². The lowest BCUT2D eigenvalue weighted by atomic mass is 9.92. The second kappa shape index (κ2) is 7.16. The molecule has 20 heavy (non-hydrogen) atoms. The quantitative estimate of drug-likeness (QED) is 0.830. The van der Waals surface area contributed by atoms with E-state index in [1.165, 1.54) is 0 Å². The summed E-state index contributed by atoms with van der Waals surface area (Å²) in [6, 6.07) is 8.45. The summed E-state index contributed by atoms with van der Waals surface area (Å²) in [6.07, 6.45) is 0.682. The molecule has 4 nitrogen and oxygen atoms in total. The average Bonchev–Trinajstić information content (AvgIpc) is 2.46. The first-order valence-corrected chi connectivity index (χ1v) is 6.83. The van der Waals surface area contributed by atoms with E-state index >= 15 is 0 Å². The van der Waals surface area contributed by atoms with Crippen molar-refractivity contribution in [1.82, 2.24) is 5.32 Å². The zero-order valence-corrected chi connectivity index (χ0v) is 13.0. The Morgan fingerprint density at radius 3 is 2.60 bits per heavy atom. The van der Waals surface area contributed by atoms with Gasteiger partial charge >= 0.3 is 0 Å². The Bertz CT molecular complexity index is 478. The van der Waals surface area contributed by atoms with Gasteiger partial charge in [0.15, 0.2) is 11.5 Å². The van der Waals surface area contributed by atoms with Crippen molar-refractivity contribution in [2.24, 2.45) is 5.41 Å². The van der Waals surface area contributed by atoms with Crippen molar-refractivity contribution in [1.29, 1.82) is 5.26 Å². The molecular formula is C16H24N2O2. The third-order valence-corrected chi connectivity index (χ3v) is 3.41. The molecule has 1 aromatic rings. The Labute approximate surface area is 121 Å². The topological polar surface area (TPSA) is 54.3 Å². The van der Waals surface area contributed by atoms with Crippen molar-refractivity contribution < 1.29 is 9.47 Å². The van der Waals surface area contributed by atoms with Crippen LogP contribution >= 0.6 is 0 Å². The molecule has 0 saturated carbocycles. The van der Waals surface area contributed by atoms with Gasteiger partial charge in [0.1, 0.15) is 0 Å². The van der Waals surface area contributed by atoms with Crippen molar-refractivity contribution in [2.75, 3.05) is 20.8 Å². The van der Waals surface area contributed by atoms with Gasteiger partial charge in [0.25, 0.3) is 0 Å². The predicted molar refractivity (Wildman–Crippen MR) is 80.0 cm³/mol. The minimum atomic E-state index is -0.367. The fourth-order valence-electron chi connectivity index (χ4n) is 1.71. The van der Waals surface area contributed by atoms with Crippen LogP contribution in [0.25, 0.3) is 0 Å². The summed E-state index contributed by atoms with van der Waals surface area (Å²) < 4.78 is 11.1. The average molecular weight is 276 g/mol. The maximum Gasteiger partial charge on any atom is 0.161 e. The van der Waals surface area contributed by atoms with E-state index in [2.05, 4.69) is 18.3 Å². The second-order valence-corrected chi connectivity index (χ2v) is 5.51. The van der Waals surface area contributed by atoms with Gasteiger partial charge in [-0.2, -0.15) is 5.26 Å². The van der Waals surface area contributed by atoms with Crippen LogP contribution in [-0.2, 0) is 0 Å². The molecule has 0 amide bonds. The zero-order valence-electron chi connectivity index (χ0n) is 13.0. The first-order valence-electron chi connectivity index (χ1n) is 6.83. The molecule has 0 spiro atoms. The van der Waals surface area contributed by atoms with Crippen LogP contribution in [0.1, 0.15) is 38.8 Å². The number of ether oxygens (including phenoxy) is 2. The van der Waals surface area contributed by atoms with Crippen LogP contribution in [0, 0.1) is 16.7 Å². The second-order valence-electron chi connectivity index (χ2n) is 5.51. The molecule has 0 aliphatic heterocycles. The maximum atomic E-state index is 8.98. The molecular weight excluding hydrogens is 252 g/mol. The molecule has 1 rings (SSSR count). The number of methoxy groups -OCH3 is 1. The van der Waals surface area contributed by atoms with E-state index in [1.54, 1.807) is 7.11 Å². The fourth-order valence-corrected chi connectivity index (χ4v) is 1.71. The number of nitrogens with one attached hydrogen (secondary N) is 1. The lowest BCUT2D eigenvalue weighted by Crippen LogP contribution is -2.14. The first kappa shape index (κ1) is 16.3. The molecule has 0 aliphatic rings. The summed E-state index contributed by atoms with van der Waals surface area (Å²) in [6.45, 7) is 6.40. The maximum absolute atomic E-state index is 8.98. The summed E-state index contributed by atoms with van der Waals surface area (Å²) >= 11 is 0. The lowest BCUT2D eigenvalue weighted by Gasteiger charge is -2.18. The van der Waals surface area contributed by atoms with Gasteiger partial charge in [-0.25, -0.2) is 0 Å². The van der Waals surface area contributed by atoms with E-state index in [4.69, 9.17) is 14.7 Å². The Balaban J connectivity index is 2.74. The van der Waals surface area contributed by atoms with Crippen LogP contribution in [0.5, 0.6) is 11.5 Å².